The van der Waals surface area contributed by atoms with Crippen molar-refractivity contribution in [3.63, 3.8) is 0 Å². The summed E-state index contributed by atoms with van der Waals surface area (Å²) in [6.45, 7) is 0. The molecule has 5 rings (SSSR count). The van der Waals surface area contributed by atoms with Crippen LogP contribution in [-0.4, -0.2) is 9.78 Å². The van der Waals surface area contributed by atoms with Gasteiger partial charge in [-0.05, 0) is 24.3 Å². The van der Waals surface area contributed by atoms with Crippen LogP contribution in [0, 0.1) is 0 Å². The molecule has 0 saturated carbocycles. The minimum Gasteiger partial charge on any atom is -0.422 e. The summed E-state index contributed by atoms with van der Waals surface area (Å²) < 4.78 is 7.37. The van der Waals surface area contributed by atoms with Gasteiger partial charge in [0.1, 0.15) is 16.7 Å². The lowest BCUT2D eigenvalue weighted by Crippen LogP contribution is -2.01. The van der Waals surface area contributed by atoms with Crippen LogP contribution in [0.25, 0.3) is 38.8 Å². The van der Waals surface area contributed by atoms with Crippen LogP contribution in [0.2, 0.25) is 5.02 Å². The quantitative estimate of drug-likeness (QED) is 0.387. The molecule has 0 aliphatic rings. The van der Waals surface area contributed by atoms with Crippen molar-refractivity contribution in [1.82, 2.24) is 9.78 Å². The first-order valence-corrected chi connectivity index (χ1v) is 8.86. The summed E-state index contributed by atoms with van der Waals surface area (Å²) in [5.41, 5.74) is 3.05. The molecule has 130 valence electrons. The molecule has 0 aliphatic heterocycles. The van der Waals surface area contributed by atoms with Crippen LogP contribution >= 0.6 is 11.6 Å². The van der Waals surface area contributed by atoms with Gasteiger partial charge in [-0.15, -0.1) is 0 Å². The molecule has 0 radical (unpaired) electrons. The van der Waals surface area contributed by atoms with Gasteiger partial charge in [-0.1, -0.05) is 60.1 Å². The molecular weight excluding hydrogens is 360 g/mol. The van der Waals surface area contributed by atoms with E-state index in [1.165, 1.54) is 0 Å². The number of rotatable bonds is 2. The van der Waals surface area contributed by atoms with Gasteiger partial charge in [-0.2, -0.15) is 5.10 Å². The van der Waals surface area contributed by atoms with Crippen LogP contribution in [0.15, 0.2) is 88.1 Å². The van der Waals surface area contributed by atoms with E-state index in [1.807, 2.05) is 66.7 Å². The fourth-order valence-corrected chi connectivity index (χ4v) is 3.50. The molecule has 0 unspecified atom stereocenters. The maximum absolute atomic E-state index is 12.9. The molecule has 0 aliphatic carbocycles. The van der Waals surface area contributed by atoms with E-state index < -0.39 is 5.63 Å². The Morgan fingerprint density at radius 1 is 0.889 bits per heavy atom. The zero-order chi connectivity index (χ0) is 18.4. The maximum atomic E-state index is 12.9. The van der Waals surface area contributed by atoms with Gasteiger partial charge in [0.15, 0.2) is 0 Å². The van der Waals surface area contributed by atoms with E-state index in [1.54, 1.807) is 16.8 Å². The van der Waals surface area contributed by atoms with E-state index in [2.05, 4.69) is 0 Å². The van der Waals surface area contributed by atoms with Crippen molar-refractivity contribution in [3.8, 4) is 16.9 Å². The summed E-state index contributed by atoms with van der Waals surface area (Å²) in [6, 6.07) is 24.7. The second-order valence-electron chi connectivity index (χ2n) is 6.22. The highest BCUT2D eigenvalue weighted by Crippen LogP contribution is 2.33. The Balaban J connectivity index is 1.99. The second kappa shape index (κ2) is 6.11. The number of benzene rings is 3. The summed E-state index contributed by atoms with van der Waals surface area (Å²) in [7, 11) is 0. The molecule has 0 fully saturated rings. The molecule has 4 nitrogen and oxygen atoms in total. The van der Waals surface area contributed by atoms with Crippen molar-refractivity contribution in [2.24, 2.45) is 0 Å². The highest BCUT2D eigenvalue weighted by Gasteiger charge is 2.21. The Hall–Kier alpha value is -3.37. The number of fused-ring (bicyclic) bond motifs is 3. The summed E-state index contributed by atoms with van der Waals surface area (Å²) >= 11 is 6.10. The van der Waals surface area contributed by atoms with E-state index in [9.17, 15) is 4.79 Å². The zero-order valence-electron chi connectivity index (χ0n) is 14.1. The van der Waals surface area contributed by atoms with Crippen molar-refractivity contribution >= 4 is 33.5 Å². The van der Waals surface area contributed by atoms with Gasteiger partial charge in [0.25, 0.3) is 0 Å². The summed E-state index contributed by atoms with van der Waals surface area (Å²) in [6.07, 6.45) is 0. The first-order valence-electron chi connectivity index (χ1n) is 8.48. The highest BCUT2D eigenvalue weighted by molar-refractivity contribution is 6.31. The van der Waals surface area contributed by atoms with Crippen molar-refractivity contribution in [3.05, 3.63) is 94.3 Å². The highest BCUT2D eigenvalue weighted by atomic mass is 35.5. The first kappa shape index (κ1) is 15.9. The van der Waals surface area contributed by atoms with Crippen molar-refractivity contribution in [1.29, 1.82) is 0 Å². The third-order valence-corrected chi connectivity index (χ3v) is 4.77. The molecule has 0 amide bonds. The third-order valence-electron chi connectivity index (χ3n) is 4.54. The number of aromatic nitrogens is 2. The zero-order valence-corrected chi connectivity index (χ0v) is 14.9. The van der Waals surface area contributed by atoms with Gasteiger partial charge < -0.3 is 4.42 Å². The molecule has 0 N–H and O–H groups in total. The summed E-state index contributed by atoms with van der Waals surface area (Å²) in [5.74, 6) is 0. The van der Waals surface area contributed by atoms with Crippen molar-refractivity contribution in [2.45, 2.75) is 0 Å². The average Bonchev–Trinajstić information content (AvgIpc) is 3.11. The second-order valence-corrected chi connectivity index (χ2v) is 6.65. The van der Waals surface area contributed by atoms with Gasteiger partial charge in [-0.25, -0.2) is 9.48 Å². The predicted molar refractivity (Wildman–Crippen MR) is 108 cm³/mol. The molecule has 5 heteroatoms. The summed E-state index contributed by atoms with van der Waals surface area (Å²) in [4.78, 5) is 12.9. The van der Waals surface area contributed by atoms with Crippen molar-refractivity contribution < 1.29 is 4.42 Å². The van der Waals surface area contributed by atoms with Gasteiger partial charge in [0.05, 0.1) is 11.2 Å². The average molecular weight is 373 g/mol. The molecular formula is C22H13ClN2O2. The normalized spacial score (nSPS) is 11.3. The molecule has 0 spiro atoms. The van der Waals surface area contributed by atoms with Gasteiger partial charge in [-0.3, -0.25) is 0 Å². The van der Waals surface area contributed by atoms with Crippen LogP contribution in [0.4, 0.5) is 0 Å². The van der Waals surface area contributed by atoms with E-state index in [0.29, 0.717) is 27.2 Å². The molecule has 27 heavy (non-hydrogen) atoms. The standard InChI is InChI=1S/C22H13ClN2O2/c23-15-11-12-17-18(13-15)27-22(26)19-20(14-7-3-1-4-8-14)24-25(21(17)19)16-9-5-2-6-10-16/h1-13H. The first-order chi connectivity index (χ1) is 13.2. The predicted octanol–water partition coefficient (Wildman–Crippen LogP) is 5.45. The Morgan fingerprint density at radius 2 is 1.59 bits per heavy atom. The topological polar surface area (TPSA) is 48.0 Å². The summed E-state index contributed by atoms with van der Waals surface area (Å²) in [5, 5.41) is 6.54. The lowest BCUT2D eigenvalue weighted by atomic mass is 10.1. The van der Waals surface area contributed by atoms with E-state index in [0.717, 1.165) is 16.6 Å². The smallest absolute Gasteiger partial charge is 0.348 e. The maximum Gasteiger partial charge on any atom is 0.348 e. The molecule has 0 bridgehead atoms. The largest absolute Gasteiger partial charge is 0.422 e. The van der Waals surface area contributed by atoms with E-state index in [-0.39, 0.29) is 0 Å². The van der Waals surface area contributed by atoms with Crippen LogP contribution in [0.3, 0.4) is 0 Å². The Morgan fingerprint density at radius 3 is 2.33 bits per heavy atom. The van der Waals surface area contributed by atoms with Gasteiger partial charge in [0, 0.05) is 22.0 Å². The minimum absolute atomic E-state index is 0.430. The molecule has 2 aromatic heterocycles. The molecule has 2 heterocycles. The Kier molecular flexibility index (Phi) is 3.59. The van der Waals surface area contributed by atoms with E-state index >= 15 is 0 Å². The van der Waals surface area contributed by atoms with Gasteiger partial charge in [0.2, 0.25) is 0 Å². The monoisotopic (exact) mass is 372 g/mol. The van der Waals surface area contributed by atoms with Crippen LogP contribution < -0.4 is 5.63 Å². The molecule has 0 atom stereocenters. The van der Waals surface area contributed by atoms with E-state index in [4.69, 9.17) is 21.1 Å². The number of para-hydroxylation sites is 1. The fourth-order valence-electron chi connectivity index (χ4n) is 3.34. The van der Waals surface area contributed by atoms with Crippen LogP contribution in [0.1, 0.15) is 0 Å². The van der Waals surface area contributed by atoms with Crippen LogP contribution in [0.5, 0.6) is 0 Å². The lowest BCUT2D eigenvalue weighted by molar-refractivity contribution is 0.570. The number of nitrogens with zero attached hydrogens (tertiary/aromatic N) is 2. The van der Waals surface area contributed by atoms with Crippen molar-refractivity contribution in [2.75, 3.05) is 0 Å². The Bertz CT molecular complexity index is 1340. The number of hydrogen-bond donors (Lipinski definition) is 0. The molecule has 3 aromatic carbocycles. The molecule has 5 aromatic rings. The van der Waals surface area contributed by atoms with Gasteiger partial charge >= 0.3 is 5.63 Å². The Labute approximate surface area is 159 Å². The number of halogens is 1. The lowest BCUT2D eigenvalue weighted by Gasteiger charge is -2.05. The third kappa shape index (κ3) is 2.54. The number of hydrogen-bond acceptors (Lipinski definition) is 3. The van der Waals surface area contributed by atoms with Crippen LogP contribution in [-0.2, 0) is 0 Å². The minimum atomic E-state index is -0.430. The fraction of sp³-hybridized carbons (Fsp3) is 0. The SMILES string of the molecule is O=c1oc2cc(Cl)ccc2c2c1c(-c1ccccc1)nn2-c1ccccc1. The molecule has 0 saturated heterocycles.